The van der Waals surface area contributed by atoms with Crippen molar-refractivity contribution in [3.63, 3.8) is 0 Å². The molecule has 0 saturated heterocycles. The summed E-state index contributed by atoms with van der Waals surface area (Å²) in [5.41, 5.74) is 7.97. The van der Waals surface area contributed by atoms with Crippen LogP contribution in [0.25, 0.3) is 0 Å². The van der Waals surface area contributed by atoms with Crippen molar-refractivity contribution in [1.29, 1.82) is 0 Å². The maximum atomic E-state index is 11.3. The van der Waals surface area contributed by atoms with Crippen LogP contribution in [0.2, 0.25) is 0 Å². The lowest BCUT2D eigenvalue weighted by Crippen LogP contribution is -2.36. The molecule has 0 unspecified atom stereocenters. The Morgan fingerprint density at radius 2 is 2.29 bits per heavy atom. The molecule has 17 heavy (non-hydrogen) atoms. The van der Waals surface area contributed by atoms with Gasteiger partial charge in [-0.25, -0.2) is 0 Å². The summed E-state index contributed by atoms with van der Waals surface area (Å²) in [5.74, 6) is 0.358. The standard InChI is InChI=1S/C12H10N2O2S/c13-12(15)8-4-7-2-1-3-9-11(7)14(5-8)6-10(17)16-9/h1-3,5H,4,6H2,(H2,13,15). The van der Waals surface area contributed by atoms with Crippen LogP contribution in [0, 0.1) is 0 Å². The van der Waals surface area contributed by atoms with Gasteiger partial charge in [0, 0.05) is 18.2 Å². The molecule has 86 valence electrons. The van der Waals surface area contributed by atoms with Crippen LogP contribution in [0.3, 0.4) is 0 Å². The third-order valence-electron chi connectivity index (χ3n) is 2.90. The van der Waals surface area contributed by atoms with Crippen molar-refractivity contribution >= 4 is 28.9 Å². The molecule has 2 heterocycles. The Balaban J connectivity index is 2.15. The first kappa shape index (κ1) is 10.3. The van der Waals surface area contributed by atoms with E-state index in [-0.39, 0.29) is 0 Å². The normalized spacial score (nSPS) is 17.1. The molecule has 0 aliphatic carbocycles. The highest BCUT2D eigenvalue weighted by molar-refractivity contribution is 7.80. The average molecular weight is 246 g/mol. The lowest BCUT2D eigenvalue weighted by Gasteiger charge is -2.33. The SMILES string of the molecule is NC(=O)C1=CN2CC(=S)Oc3cccc(c32)C1. The molecule has 0 fully saturated rings. The van der Waals surface area contributed by atoms with Crippen molar-refractivity contribution in [2.45, 2.75) is 6.42 Å². The van der Waals surface area contributed by atoms with Gasteiger partial charge in [0.05, 0.1) is 12.2 Å². The van der Waals surface area contributed by atoms with Gasteiger partial charge in [0.25, 0.3) is 0 Å². The van der Waals surface area contributed by atoms with Gasteiger partial charge in [-0.1, -0.05) is 12.1 Å². The van der Waals surface area contributed by atoms with Crippen molar-refractivity contribution in [3.05, 3.63) is 35.5 Å². The van der Waals surface area contributed by atoms with Crippen molar-refractivity contribution < 1.29 is 9.53 Å². The van der Waals surface area contributed by atoms with E-state index in [1.165, 1.54) is 0 Å². The molecule has 0 aromatic heterocycles. The van der Waals surface area contributed by atoms with E-state index in [4.69, 9.17) is 22.7 Å². The lowest BCUT2D eigenvalue weighted by molar-refractivity contribution is -0.114. The molecule has 2 aliphatic rings. The summed E-state index contributed by atoms with van der Waals surface area (Å²) < 4.78 is 5.52. The third kappa shape index (κ3) is 1.59. The molecular formula is C12H10N2O2S. The van der Waals surface area contributed by atoms with E-state index in [9.17, 15) is 4.79 Å². The highest BCUT2D eigenvalue weighted by Crippen LogP contribution is 2.39. The monoisotopic (exact) mass is 246 g/mol. The van der Waals surface area contributed by atoms with E-state index >= 15 is 0 Å². The summed E-state index contributed by atoms with van der Waals surface area (Å²) in [6.45, 7) is 0.482. The molecule has 0 atom stereocenters. The number of hydrogen-bond donors (Lipinski definition) is 1. The molecule has 3 rings (SSSR count). The Labute approximate surface area is 104 Å². The Morgan fingerprint density at radius 3 is 3.06 bits per heavy atom. The van der Waals surface area contributed by atoms with E-state index in [2.05, 4.69) is 0 Å². The highest BCUT2D eigenvalue weighted by Gasteiger charge is 2.28. The van der Waals surface area contributed by atoms with Crippen molar-refractivity contribution in [2.75, 3.05) is 11.4 Å². The summed E-state index contributed by atoms with van der Waals surface area (Å²) in [4.78, 5) is 13.2. The number of primary amides is 1. The van der Waals surface area contributed by atoms with Gasteiger partial charge in [0.15, 0.2) is 10.8 Å². The second-order valence-electron chi connectivity index (χ2n) is 4.06. The van der Waals surface area contributed by atoms with Crippen LogP contribution in [0.4, 0.5) is 5.69 Å². The number of nitrogens with two attached hydrogens (primary N) is 1. The molecular weight excluding hydrogens is 236 g/mol. The molecule has 1 amide bonds. The average Bonchev–Trinajstić information content (AvgIpc) is 2.28. The number of rotatable bonds is 1. The number of benzene rings is 1. The van der Waals surface area contributed by atoms with Crippen LogP contribution >= 0.6 is 12.2 Å². The summed E-state index contributed by atoms with van der Waals surface area (Å²) in [6, 6.07) is 5.74. The largest absolute Gasteiger partial charge is 0.446 e. The fraction of sp³-hybridized carbons (Fsp3) is 0.167. The predicted molar refractivity (Wildman–Crippen MR) is 68.0 cm³/mol. The van der Waals surface area contributed by atoms with Crippen LogP contribution in [0.15, 0.2) is 30.0 Å². The summed E-state index contributed by atoms with van der Waals surface area (Å²) in [5, 5.41) is 0.497. The summed E-state index contributed by atoms with van der Waals surface area (Å²) in [6.07, 6.45) is 2.31. The fourth-order valence-corrected chi connectivity index (χ4v) is 2.42. The molecule has 0 radical (unpaired) electrons. The molecule has 0 spiro atoms. The van der Waals surface area contributed by atoms with Crippen molar-refractivity contribution in [1.82, 2.24) is 0 Å². The zero-order valence-corrected chi connectivity index (χ0v) is 9.79. The molecule has 5 heteroatoms. The van der Waals surface area contributed by atoms with Gasteiger partial charge in [0.2, 0.25) is 5.91 Å². The maximum absolute atomic E-state index is 11.3. The second kappa shape index (κ2) is 3.56. The number of carbonyl (C=O) groups excluding carboxylic acids is 1. The predicted octanol–water partition coefficient (Wildman–Crippen LogP) is 1.14. The Kier molecular flexibility index (Phi) is 2.16. The maximum Gasteiger partial charge on any atom is 0.246 e. The third-order valence-corrected chi connectivity index (χ3v) is 3.11. The van der Waals surface area contributed by atoms with E-state index in [1.54, 1.807) is 6.20 Å². The van der Waals surface area contributed by atoms with E-state index in [1.807, 2.05) is 23.1 Å². The minimum Gasteiger partial charge on any atom is -0.446 e. The summed E-state index contributed by atoms with van der Waals surface area (Å²) in [7, 11) is 0. The fourth-order valence-electron chi connectivity index (χ4n) is 2.19. The van der Waals surface area contributed by atoms with Crippen LogP contribution < -0.4 is 15.4 Å². The van der Waals surface area contributed by atoms with Gasteiger partial charge in [-0.2, -0.15) is 0 Å². The zero-order chi connectivity index (χ0) is 12.0. The molecule has 4 nitrogen and oxygen atoms in total. The van der Waals surface area contributed by atoms with E-state index in [0.717, 1.165) is 17.0 Å². The highest BCUT2D eigenvalue weighted by atomic mass is 32.1. The van der Waals surface area contributed by atoms with Gasteiger partial charge in [-0.3, -0.25) is 4.79 Å². The molecule has 1 aromatic carbocycles. The number of anilines is 1. The topological polar surface area (TPSA) is 55.6 Å². The van der Waals surface area contributed by atoms with Crippen LogP contribution in [0.5, 0.6) is 5.75 Å². The number of amides is 1. The number of para-hydroxylation sites is 1. The van der Waals surface area contributed by atoms with Crippen molar-refractivity contribution in [2.24, 2.45) is 5.73 Å². The number of carbonyl (C=O) groups is 1. The van der Waals surface area contributed by atoms with E-state index < -0.39 is 5.91 Å². The Hall–Kier alpha value is -1.88. The molecule has 0 bridgehead atoms. The smallest absolute Gasteiger partial charge is 0.246 e. The van der Waals surface area contributed by atoms with Crippen LogP contribution in [0.1, 0.15) is 5.56 Å². The van der Waals surface area contributed by atoms with Gasteiger partial charge in [0.1, 0.15) is 0 Å². The first-order chi connectivity index (χ1) is 8.15. The number of hydrogen-bond acceptors (Lipinski definition) is 4. The number of ether oxygens (including phenoxy) is 1. The summed E-state index contributed by atoms with van der Waals surface area (Å²) >= 11 is 5.09. The van der Waals surface area contributed by atoms with Crippen molar-refractivity contribution in [3.8, 4) is 5.75 Å². The molecule has 2 N–H and O–H groups in total. The molecule has 1 aromatic rings. The zero-order valence-electron chi connectivity index (χ0n) is 8.97. The second-order valence-corrected chi connectivity index (χ2v) is 4.52. The Morgan fingerprint density at radius 1 is 1.47 bits per heavy atom. The van der Waals surface area contributed by atoms with Gasteiger partial charge >= 0.3 is 0 Å². The first-order valence-electron chi connectivity index (χ1n) is 5.25. The van der Waals surface area contributed by atoms with Gasteiger partial charge in [-0.15, -0.1) is 0 Å². The lowest BCUT2D eigenvalue weighted by atomic mass is 9.98. The number of nitrogens with zero attached hydrogens (tertiary/aromatic N) is 1. The van der Waals surface area contributed by atoms with Crippen LogP contribution in [-0.2, 0) is 11.2 Å². The minimum absolute atomic E-state index is 0.390. The van der Waals surface area contributed by atoms with Crippen LogP contribution in [-0.4, -0.2) is 17.5 Å². The van der Waals surface area contributed by atoms with E-state index in [0.29, 0.717) is 23.6 Å². The minimum atomic E-state index is -0.390. The number of thiocarbonyl (C=S) groups is 1. The van der Waals surface area contributed by atoms with Gasteiger partial charge in [-0.05, 0) is 23.8 Å². The Bertz CT molecular complexity index is 566. The first-order valence-corrected chi connectivity index (χ1v) is 5.65. The molecule has 0 saturated carbocycles. The molecule has 2 aliphatic heterocycles. The van der Waals surface area contributed by atoms with Gasteiger partial charge < -0.3 is 15.4 Å². The quantitative estimate of drug-likeness (QED) is 0.755.